The van der Waals surface area contributed by atoms with Gasteiger partial charge in [-0.25, -0.2) is 15.5 Å². The molecule has 3 aromatic heterocycles. The molecule has 0 spiro atoms. The summed E-state index contributed by atoms with van der Waals surface area (Å²) >= 11 is 0. The SMILES string of the molecule is Cc1ccc(N(N)/C=C(\N)C(F)(F)F)c(-c2cc(=O)n(C3CCCC(C)C(=O)Nc4cnn(C(F)F)c4-c4ccnc3c4)cn2)c1. The predicted molar refractivity (Wildman–Crippen MR) is 160 cm³/mol. The Balaban J connectivity index is 1.59. The molecule has 0 saturated carbocycles. The van der Waals surface area contributed by atoms with Gasteiger partial charge in [0.15, 0.2) is 0 Å². The fourth-order valence-electron chi connectivity index (χ4n) is 5.27. The lowest BCUT2D eigenvalue weighted by Crippen LogP contribution is -2.30. The molecule has 2 unspecified atom stereocenters. The molecule has 0 saturated heterocycles. The first kappa shape index (κ1) is 32.3. The zero-order valence-corrected chi connectivity index (χ0v) is 24.7. The van der Waals surface area contributed by atoms with Crippen molar-refractivity contribution in [3.05, 3.63) is 88.6 Å². The molecule has 5 rings (SSSR count). The van der Waals surface area contributed by atoms with E-state index in [2.05, 4.69) is 20.4 Å². The van der Waals surface area contributed by atoms with Crippen LogP contribution >= 0.6 is 0 Å². The summed E-state index contributed by atoms with van der Waals surface area (Å²) in [5.41, 5.74) is 5.27. The summed E-state index contributed by atoms with van der Waals surface area (Å²) < 4.78 is 68.9. The van der Waals surface area contributed by atoms with Crippen molar-refractivity contribution in [1.29, 1.82) is 0 Å². The molecular formula is C30H30F5N9O2. The summed E-state index contributed by atoms with van der Waals surface area (Å²) in [5.74, 6) is 5.09. The lowest BCUT2D eigenvalue weighted by molar-refractivity contribution is -0.119. The molecule has 1 aliphatic rings. The van der Waals surface area contributed by atoms with Gasteiger partial charge in [-0.15, -0.1) is 0 Å². The third-order valence-electron chi connectivity index (χ3n) is 7.68. The Morgan fingerprint density at radius 3 is 2.59 bits per heavy atom. The van der Waals surface area contributed by atoms with Crippen molar-refractivity contribution < 1.29 is 26.7 Å². The number of carbonyl (C=O) groups is 1. The topological polar surface area (TPSA) is 150 Å². The summed E-state index contributed by atoms with van der Waals surface area (Å²) in [4.78, 5) is 35.5. The first-order valence-electron chi connectivity index (χ1n) is 14.1. The zero-order chi connectivity index (χ0) is 33.3. The zero-order valence-electron chi connectivity index (χ0n) is 24.7. The van der Waals surface area contributed by atoms with Crippen LogP contribution in [-0.4, -0.2) is 36.4 Å². The number of hydrogen-bond donors (Lipinski definition) is 3. The highest BCUT2D eigenvalue weighted by atomic mass is 19.4. The third kappa shape index (κ3) is 6.61. The molecule has 242 valence electrons. The molecule has 1 amide bonds. The van der Waals surface area contributed by atoms with Gasteiger partial charge in [0.05, 0.1) is 47.0 Å². The summed E-state index contributed by atoms with van der Waals surface area (Å²) in [6.07, 6.45) is 0.881. The molecule has 5 N–H and O–H groups in total. The quantitative estimate of drug-likeness (QED) is 0.151. The van der Waals surface area contributed by atoms with E-state index >= 15 is 0 Å². The van der Waals surface area contributed by atoms with E-state index < -0.39 is 35.9 Å². The number of allylic oxidation sites excluding steroid dienone is 1. The number of hydrogen-bond acceptors (Lipinski definition) is 8. The van der Waals surface area contributed by atoms with Crippen molar-refractivity contribution in [1.82, 2.24) is 24.3 Å². The molecule has 0 aliphatic carbocycles. The van der Waals surface area contributed by atoms with Gasteiger partial charge in [0, 0.05) is 35.5 Å². The van der Waals surface area contributed by atoms with Gasteiger partial charge in [-0.1, -0.05) is 25.0 Å². The minimum atomic E-state index is -4.80. The van der Waals surface area contributed by atoms with Crippen molar-refractivity contribution in [2.45, 2.75) is 51.9 Å². The number of nitrogens with one attached hydrogen (secondary N) is 1. The monoisotopic (exact) mass is 643 g/mol. The first-order chi connectivity index (χ1) is 21.7. The number of nitrogens with two attached hydrogens (primary N) is 2. The number of alkyl halides is 5. The second kappa shape index (κ2) is 12.7. The smallest absolute Gasteiger partial charge is 0.393 e. The van der Waals surface area contributed by atoms with E-state index in [1.807, 2.05) is 0 Å². The lowest BCUT2D eigenvalue weighted by atomic mass is 9.97. The maximum absolute atomic E-state index is 13.9. The fraction of sp³-hybridized carbons (Fsp3) is 0.300. The Morgan fingerprint density at radius 1 is 1.13 bits per heavy atom. The number of nitrogens with zero attached hydrogens (tertiary/aromatic N) is 6. The number of aryl methyl sites for hydroxylation is 1. The highest BCUT2D eigenvalue weighted by Gasteiger charge is 2.32. The van der Waals surface area contributed by atoms with Gasteiger partial charge < -0.3 is 11.1 Å². The van der Waals surface area contributed by atoms with Crippen LogP contribution in [0, 0.1) is 12.8 Å². The molecule has 4 aromatic rings. The van der Waals surface area contributed by atoms with Crippen molar-refractivity contribution in [3.63, 3.8) is 0 Å². The number of aromatic nitrogens is 5. The highest BCUT2D eigenvalue weighted by molar-refractivity contribution is 5.95. The Kier molecular flexibility index (Phi) is 8.92. The average Bonchev–Trinajstić information content (AvgIpc) is 3.42. The van der Waals surface area contributed by atoms with Crippen LogP contribution in [0.25, 0.3) is 22.5 Å². The van der Waals surface area contributed by atoms with Crippen LogP contribution < -0.4 is 27.5 Å². The maximum Gasteiger partial charge on any atom is 0.432 e. The normalized spacial score (nSPS) is 17.6. The van der Waals surface area contributed by atoms with Crippen LogP contribution in [0.15, 0.2) is 71.8 Å². The molecule has 0 fully saturated rings. The Labute approximate surface area is 259 Å². The molecule has 4 heterocycles. The van der Waals surface area contributed by atoms with Crippen LogP contribution in [-0.2, 0) is 4.79 Å². The Morgan fingerprint density at radius 2 is 1.89 bits per heavy atom. The van der Waals surface area contributed by atoms with Crippen LogP contribution in [0.4, 0.5) is 33.3 Å². The number of halogens is 5. The summed E-state index contributed by atoms with van der Waals surface area (Å²) in [7, 11) is 0. The van der Waals surface area contributed by atoms with Crippen LogP contribution in [0.5, 0.6) is 0 Å². The van der Waals surface area contributed by atoms with E-state index in [1.165, 1.54) is 35.3 Å². The Hall–Kier alpha value is -5.12. The highest BCUT2D eigenvalue weighted by Crippen LogP contribution is 2.35. The molecule has 0 radical (unpaired) electrons. The first-order valence-corrected chi connectivity index (χ1v) is 14.1. The number of carbonyl (C=O) groups excluding carboxylic acids is 1. The van der Waals surface area contributed by atoms with Crippen LogP contribution in [0.2, 0.25) is 0 Å². The second-order valence-electron chi connectivity index (χ2n) is 11.0. The van der Waals surface area contributed by atoms with E-state index in [-0.39, 0.29) is 34.2 Å². The van der Waals surface area contributed by atoms with Crippen molar-refractivity contribution in [3.8, 4) is 22.5 Å². The molecule has 1 aromatic carbocycles. The van der Waals surface area contributed by atoms with Gasteiger partial charge in [-0.3, -0.25) is 24.1 Å². The molecule has 1 aliphatic heterocycles. The number of anilines is 2. The van der Waals surface area contributed by atoms with Gasteiger partial charge in [0.25, 0.3) is 5.56 Å². The van der Waals surface area contributed by atoms with Crippen LogP contribution in [0.3, 0.4) is 0 Å². The van der Waals surface area contributed by atoms with Crippen molar-refractivity contribution in [2.75, 3.05) is 10.3 Å². The van der Waals surface area contributed by atoms with E-state index in [9.17, 15) is 31.5 Å². The summed E-state index contributed by atoms with van der Waals surface area (Å²) in [5, 5.41) is 7.18. The lowest BCUT2D eigenvalue weighted by Gasteiger charge is -2.23. The molecule has 16 heteroatoms. The maximum atomic E-state index is 13.9. The van der Waals surface area contributed by atoms with Crippen molar-refractivity contribution in [2.24, 2.45) is 17.5 Å². The minimum absolute atomic E-state index is 0.0159. The van der Waals surface area contributed by atoms with Gasteiger partial charge in [0.1, 0.15) is 5.70 Å². The fourth-order valence-corrected chi connectivity index (χ4v) is 5.27. The van der Waals surface area contributed by atoms with Crippen molar-refractivity contribution >= 4 is 17.3 Å². The van der Waals surface area contributed by atoms with Gasteiger partial charge >= 0.3 is 12.7 Å². The average molecular weight is 644 g/mol. The number of hydrazine groups is 1. The third-order valence-corrected chi connectivity index (χ3v) is 7.68. The largest absolute Gasteiger partial charge is 0.432 e. The van der Waals surface area contributed by atoms with Gasteiger partial charge in [-0.2, -0.15) is 27.1 Å². The molecule has 2 atom stereocenters. The minimum Gasteiger partial charge on any atom is -0.393 e. The summed E-state index contributed by atoms with van der Waals surface area (Å²) in [6, 6.07) is 8.32. The Bertz CT molecular complexity index is 1850. The molecule has 46 heavy (non-hydrogen) atoms. The molecule has 2 bridgehead atoms. The number of benzene rings is 1. The summed E-state index contributed by atoms with van der Waals surface area (Å²) in [6.45, 7) is 0.477. The van der Waals surface area contributed by atoms with E-state index in [0.29, 0.717) is 46.4 Å². The van der Waals surface area contributed by atoms with E-state index in [1.54, 1.807) is 32.0 Å². The standard InChI is InChI=1S/C30H30F5N9O2/c1-16-6-7-23(43(37)14-25(36)30(33,34)35)19(10-16)20-12-26(45)42(15-39-20)24-5-3-4-17(2)28(46)41-22-13-40-44(29(31)32)27(22)18-8-9-38-21(24)11-18/h6-15,17,24,29H,3-5,36-37H2,1-2H3,(H,41,46)/b25-14-. The van der Waals surface area contributed by atoms with E-state index in [0.717, 1.165) is 11.8 Å². The predicted octanol–water partition coefficient (Wildman–Crippen LogP) is 5.26. The number of rotatable bonds is 5. The second-order valence-corrected chi connectivity index (χ2v) is 11.0. The molecular weight excluding hydrogens is 613 g/mol. The number of amides is 1. The molecule has 11 nitrogen and oxygen atoms in total. The van der Waals surface area contributed by atoms with Gasteiger partial charge in [0.2, 0.25) is 5.91 Å². The number of fused-ring (bicyclic) bond motifs is 4. The van der Waals surface area contributed by atoms with Gasteiger partial charge in [-0.05, 0) is 44.0 Å². The number of pyridine rings is 1. The van der Waals surface area contributed by atoms with Crippen LogP contribution in [0.1, 0.15) is 50.0 Å². The van der Waals surface area contributed by atoms with E-state index in [4.69, 9.17) is 11.6 Å².